The lowest BCUT2D eigenvalue weighted by Gasteiger charge is -2.26. The number of nitrogens with zero attached hydrogens (tertiary/aromatic N) is 3. The molecular formula is C14H22BrN3O. The second kappa shape index (κ2) is 6.09. The maximum absolute atomic E-state index is 12.5. The Balaban J connectivity index is 2.05. The molecule has 4 nitrogen and oxygen atoms in total. The summed E-state index contributed by atoms with van der Waals surface area (Å²) in [5, 5.41) is 0. The summed E-state index contributed by atoms with van der Waals surface area (Å²) in [6.07, 6.45) is 4.38. The summed E-state index contributed by atoms with van der Waals surface area (Å²) >= 11 is 3.44. The van der Waals surface area contributed by atoms with Crippen LogP contribution in [0.4, 0.5) is 0 Å². The molecule has 5 heteroatoms. The SMILES string of the molecule is CCn1cc(Br)cc1C(=O)N(C)CC1CCCN1C. The molecule has 1 aromatic rings. The van der Waals surface area contributed by atoms with Crippen molar-refractivity contribution < 1.29 is 4.79 Å². The van der Waals surface area contributed by atoms with Crippen molar-refractivity contribution in [1.82, 2.24) is 14.4 Å². The molecule has 0 aromatic carbocycles. The van der Waals surface area contributed by atoms with E-state index in [-0.39, 0.29) is 5.91 Å². The van der Waals surface area contributed by atoms with Crippen LogP contribution in [0.2, 0.25) is 0 Å². The Labute approximate surface area is 123 Å². The molecule has 1 fully saturated rings. The molecule has 0 spiro atoms. The van der Waals surface area contributed by atoms with Gasteiger partial charge >= 0.3 is 0 Å². The van der Waals surface area contributed by atoms with Crippen LogP contribution in [0, 0.1) is 0 Å². The van der Waals surface area contributed by atoms with Gasteiger partial charge in [0, 0.05) is 36.8 Å². The number of hydrogen-bond donors (Lipinski definition) is 0. The third-order valence-corrected chi connectivity index (χ3v) is 4.36. The normalized spacial score (nSPS) is 19.9. The van der Waals surface area contributed by atoms with Crippen molar-refractivity contribution in [2.75, 3.05) is 27.2 Å². The van der Waals surface area contributed by atoms with E-state index in [2.05, 4.69) is 27.9 Å². The summed E-state index contributed by atoms with van der Waals surface area (Å²) < 4.78 is 2.95. The smallest absolute Gasteiger partial charge is 0.270 e. The quantitative estimate of drug-likeness (QED) is 0.849. The fourth-order valence-electron chi connectivity index (χ4n) is 2.72. The van der Waals surface area contributed by atoms with E-state index in [1.54, 1.807) is 0 Å². The van der Waals surface area contributed by atoms with Crippen molar-refractivity contribution in [1.29, 1.82) is 0 Å². The van der Waals surface area contributed by atoms with Crippen molar-refractivity contribution in [2.24, 2.45) is 0 Å². The van der Waals surface area contributed by atoms with E-state index in [1.165, 1.54) is 12.8 Å². The van der Waals surface area contributed by atoms with E-state index in [0.717, 1.165) is 29.8 Å². The number of likely N-dealkylation sites (tertiary alicyclic amines) is 1. The van der Waals surface area contributed by atoms with Crippen molar-refractivity contribution in [3.63, 3.8) is 0 Å². The topological polar surface area (TPSA) is 28.5 Å². The second-order valence-electron chi connectivity index (χ2n) is 5.29. The van der Waals surface area contributed by atoms with Gasteiger partial charge in [0.1, 0.15) is 5.69 Å². The Morgan fingerprint density at radius 2 is 2.32 bits per heavy atom. The summed E-state index contributed by atoms with van der Waals surface area (Å²) in [5.74, 6) is 0.104. The molecule has 0 radical (unpaired) electrons. The minimum absolute atomic E-state index is 0.104. The number of aromatic nitrogens is 1. The van der Waals surface area contributed by atoms with Gasteiger partial charge in [-0.05, 0) is 55.4 Å². The van der Waals surface area contributed by atoms with E-state index >= 15 is 0 Å². The lowest BCUT2D eigenvalue weighted by Crippen LogP contribution is -2.40. The first-order valence-corrected chi connectivity index (χ1v) is 7.63. The lowest BCUT2D eigenvalue weighted by atomic mass is 10.2. The largest absolute Gasteiger partial charge is 0.343 e. The van der Waals surface area contributed by atoms with E-state index in [0.29, 0.717) is 6.04 Å². The maximum atomic E-state index is 12.5. The van der Waals surface area contributed by atoms with Crippen molar-refractivity contribution in [2.45, 2.75) is 32.4 Å². The van der Waals surface area contributed by atoms with Crippen LogP contribution in [-0.2, 0) is 6.54 Å². The van der Waals surface area contributed by atoms with Crippen molar-refractivity contribution >= 4 is 21.8 Å². The Morgan fingerprint density at radius 1 is 1.58 bits per heavy atom. The van der Waals surface area contributed by atoms with Gasteiger partial charge in [-0.15, -0.1) is 0 Å². The Bertz CT molecular complexity index is 458. The van der Waals surface area contributed by atoms with Gasteiger partial charge in [-0.1, -0.05) is 0 Å². The molecule has 1 amide bonds. The number of aryl methyl sites for hydroxylation is 1. The van der Waals surface area contributed by atoms with Crippen LogP contribution >= 0.6 is 15.9 Å². The van der Waals surface area contributed by atoms with Gasteiger partial charge < -0.3 is 14.4 Å². The molecule has 1 aromatic heterocycles. The van der Waals surface area contributed by atoms with Crippen LogP contribution in [0.5, 0.6) is 0 Å². The first kappa shape index (κ1) is 14.6. The molecule has 2 rings (SSSR count). The van der Waals surface area contributed by atoms with Crippen molar-refractivity contribution in [3.8, 4) is 0 Å². The molecule has 1 saturated heterocycles. The van der Waals surface area contributed by atoms with Crippen molar-refractivity contribution in [3.05, 3.63) is 22.4 Å². The van der Waals surface area contributed by atoms with Gasteiger partial charge in [0.2, 0.25) is 0 Å². The third kappa shape index (κ3) is 3.20. The first-order valence-electron chi connectivity index (χ1n) is 6.84. The molecule has 1 aliphatic rings. The highest BCUT2D eigenvalue weighted by atomic mass is 79.9. The number of amides is 1. The van der Waals surface area contributed by atoms with Gasteiger partial charge in [0.25, 0.3) is 5.91 Å². The van der Waals surface area contributed by atoms with Gasteiger partial charge in [0.05, 0.1) is 0 Å². The molecule has 0 bridgehead atoms. The molecule has 106 valence electrons. The highest BCUT2D eigenvalue weighted by Gasteiger charge is 2.25. The van der Waals surface area contributed by atoms with Crippen LogP contribution in [0.3, 0.4) is 0 Å². The third-order valence-electron chi connectivity index (χ3n) is 3.93. The summed E-state index contributed by atoms with van der Waals surface area (Å²) in [5.41, 5.74) is 0.762. The second-order valence-corrected chi connectivity index (χ2v) is 6.21. The zero-order chi connectivity index (χ0) is 14.0. The fourth-order valence-corrected chi connectivity index (χ4v) is 3.18. The monoisotopic (exact) mass is 327 g/mol. The fraction of sp³-hybridized carbons (Fsp3) is 0.643. The molecule has 1 atom stereocenters. The van der Waals surface area contributed by atoms with E-state index < -0.39 is 0 Å². The zero-order valence-electron chi connectivity index (χ0n) is 11.9. The lowest BCUT2D eigenvalue weighted by molar-refractivity contribution is 0.0751. The van der Waals surface area contributed by atoms with Gasteiger partial charge in [-0.25, -0.2) is 0 Å². The van der Waals surface area contributed by atoms with E-state index in [4.69, 9.17) is 0 Å². The zero-order valence-corrected chi connectivity index (χ0v) is 13.5. The number of likely N-dealkylation sites (N-methyl/N-ethyl adjacent to an activating group) is 2. The highest BCUT2D eigenvalue weighted by Crippen LogP contribution is 2.19. The summed E-state index contributed by atoms with van der Waals surface area (Å²) in [4.78, 5) is 16.7. The molecule has 1 unspecified atom stereocenters. The van der Waals surface area contributed by atoms with Gasteiger partial charge in [0.15, 0.2) is 0 Å². The molecular weight excluding hydrogens is 306 g/mol. The summed E-state index contributed by atoms with van der Waals surface area (Å²) in [6, 6.07) is 2.41. The number of carbonyl (C=O) groups excluding carboxylic acids is 1. The summed E-state index contributed by atoms with van der Waals surface area (Å²) in [7, 11) is 4.04. The number of rotatable bonds is 4. The van der Waals surface area contributed by atoms with E-state index in [9.17, 15) is 4.79 Å². The molecule has 2 heterocycles. The van der Waals surface area contributed by atoms with Crippen LogP contribution in [0.15, 0.2) is 16.7 Å². The minimum atomic E-state index is 0.104. The Hall–Kier alpha value is -0.810. The molecule has 0 N–H and O–H groups in total. The number of hydrogen-bond acceptors (Lipinski definition) is 2. The maximum Gasteiger partial charge on any atom is 0.270 e. The molecule has 0 aliphatic carbocycles. The minimum Gasteiger partial charge on any atom is -0.343 e. The molecule has 1 aliphatic heterocycles. The first-order chi connectivity index (χ1) is 9.02. The standard InChI is InChI=1S/C14H22BrN3O/c1-4-18-9-11(15)8-13(18)14(19)17(3)10-12-6-5-7-16(12)2/h8-9,12H,4-7,10H2,1-3H3. The van der Waals surface area contributed by atoms with Gasteiger partial charge in [-0.3, -0.25) is 4.79 Å². The molecule has 19 heavy (non-hydrogen) atoms. The van der Waals surface area contributed by atoms with E-state index in [1.807, 2.05) is 35.7 Å². The van der Waals surface area contributed by atoms with Crippen LogP contribution in [-0.4, -0.2) is 53.5 Å². The average molecular weight is 328 g/mol. The number of halogens is 1. The van der Waals surface area contributed by atoms with Crippen LogP contribution < -0.4 is 0 Å². The van der Waals surface area contributed by atoms with Gasteiger partial charge in [-0.2, -0.15) is 0 Å². The van der Waals surface area contributed by atoms with Crippen LogP contribution in [0.25, 0.3) is 0 Å². The Morgan fingerprint density at radius 3 is 2.89 bits per heavy atom. The Kier molecular flexibility index (Phi) is 4.68. The molecule has 0 saturated carbocycles. The average Bonchev–Trinajstić information content (AvgIpc) is 2.95. The predicted molar refractivity (Wildman–Crippen MR) is 80.4 cm³/mol. The predicted octanol–water partition coefficient (Wildman–Crippen LogP) is 2.44. The summed E-state index contributed by atoms with van der Waals surface area (Å²) in [6.45, 7) is 4.81. The highest BCUT2D eigenvalue weighted by molar-refractivity contribution is 9.10. The number of carbonyl (C=O) groups is 1. The van der Waals surface area contributed by atoms with Crippen LogP contribution in [0.1, 0.15) is 30.3 Å².